The van der Waals surface area contributed by atoms with Crippen molar-refractivity contribution >= 4 is 65.6 Å². The number of hydrogen-bond acceptors (Lipinski definition) is 4. The third-order valence-electron chi connectivity index (χ3n) is 14.2. The van der Waals surface area contributed by atoms with Gasteiger partial charge in [-0.3, -0.25) is 4.57 Å². The molecule has 0 N–H and O–H groups in total. The Morgan fingerprint density at radius 3 is 1.75 bits per heavy atom. The average Bonchev–Trinajstić information content (AvgIpc) is 4.00. The fourth-order valence-corrected chi connectivity index (χ4v) is 10.7. The van der Waals surface area contributed by atoms with Crippen molar-refractivity contribution in [1.29, 1.82) is 0 Å². The van der Waals surface area contributed by atoms with Gasteiger partial charge < -0.3 is 8.98 Å². The van der Waals surface area contributed by atoms with Crippen LogP contribution >= 0.6 is 0 Å². The monoisotopic (exact) mass is 839 g/mol. The van der Waals surface area contributed by atoms with Crippen LogP contribution in [0.1, 0.15) is 51.7 Å². The van der Waals surface area contributed by atoms with Crippen LogP contribution in [0.3, 0.4) is 0 Å². The fraction of sp³-hybridized carbons (Fsp3) is 0.136. The Balaban J connectivity index is 1.13. The zero-order valence-electron chi connectivity index (χ0n) is 36.8. The first-order chi connectivity index (χ1) is 31.7. The van der Waals surface area contributed by atoms with Crippen LogP contribution in [-0.4, -0.2) is 24.1 Å². The van der Waals surface area contributed by atoms with E-state index in [0.717, 1.165) is 84.8 Å². The number of benzene rings is 8. The zero-order valence-corrected chi connectivity index (χ0v) is 36.8. The first-order valence-electron chi connectivity index (χ1n) is 22.6. The Morgan fingerprint density at radius 2 is 0.969 bits per heavy atom. The predicted molar refractivity (Wildman–Crippen MR) is 267 cm³/mol. The molecule has 0 radical (unpaired) electrons. The first-order valence-corrected chi connectivity index (χ1v) is 22.6. The van der Waals surface area contributed by atoms with Gasteiger partial charge in [0.1, 0.15) is 11.2 Å². The molecule has 0 fully saturated rings. The van der Waals surface area contributed by atoms with Crippen molar-refractivity contribution in [2.45, 2.75) is 51.4 Å². The number of nitrogens with zero attached hydrogens (tertiary/aromatic N) is 5. The molecule has 8 aromatic carbocycles. The summed E-state index contributed by atoms with van der Waals surface area (Å²) in [5.41, 5.74) is 14.0. The van der Waals surface area contributed by atoms with Crippen LogP contribution < -0.4 is 0 Å². The number of aromatic nitrogens is 5. The van der Waals surface area contributed by atoms with Gasteiger partial charge in [0.15, 0.2) is 11.6 Å². The van der Waals surface area contributed by atoms with Crippen LogP contribution in [0.5, 0.6) is 0 Å². The van der Waals surface area contributed by atoms with Crippen LogP contribution in [-0.2, 0) is 10.8 Å². The molecule has 13 rings (SSSR count). The number of para-hydroxylation sites is 3. The highest BCUT2D eigenvalue weighted by Crippen LogP contribution is 2.50. The molecular formula is C59H45N5O. The highest BCUT2D eigenvalue weighted by molar-refractivity contribution is 6.24. The maximum atomic E-state index is 6.33. The summed E-state index contributed by atoms with van der Waals surface area (Å²) in [4.78, 5) is 16.3. The topological polar surface area (TPSA) is 61.7 Å². The Hall–Kier alpha value is -7.83. The van der Waals surface area contributed by atoms with E-state index in [1.807, 2.05) is 30.3 Å². The number of furan rings is 1. The van der Waals surface area contributed by atoms with Crippen LogP contribution in [0.15, 0.2) is 180 Å². The van der Waals surface area contributed by atoms with E-state index in [2.05, 4.69) is 182 Å². The molecule has 0 saturated heterocycles. The third kappa shape index (κ3) is 5.76. The minimum absolute atomic E-state index is 0.0140. The van der Waals surface area contributed by atoms with Crippen molar-refractivity contribution in [2.75, 3.05) is 0 Å². The lowest BCUT2D eigenvalue weighted by Gasteiger charge is -2.42. The summed E-state index contributed by atoms with van der Waals surface area (Å²) < 4.78 is 11.1. The molecule has 4 aromatic heterocycles. The maximum absolute atomic E-state index is 6.33. The second-order valence-electron chi connectivity index (χ2n) is 19.1. The van der Waals surface area contributed by atoms with E-state index in [0.29, 0.717) is 17.6 Å². The van der Waals surface area contributed by atoms with Gasteiger partial charge in [-0.2, -0.15) is 9.97 Å². The molecule has 0 bridgehead atoms. The second kappa shape index (κ2) is 13.8. The quantitative estimate of drug-likeness (QED) is 0.173. The maximum Gasteiger partial charge on any atom is 0.238 e. The Morgan fingerprint density at radius 1 is 0.400 bits per heavy atom. The van der Waals surface area contributed by atoms with Crippen LogP contribution in [0.25, 0.3) is 111 Å². The van der Waals surface area contributed by atoms with Gasteiger partial charge in [-0.15, -0.1) is 0 Å². The van der Waals surface area contributed by atoms with Crippen molar-refractivity contribution in [3.8, 4) is 45.5 Å². The van der Waals surface area contributed by atoms with Crippen LogP contribution in [0.4, 0.5) is 0 Å². The van der Waals surface area contributed by atoms with E-state index in [1.54, 1.807) is 0 Å². The van der Waals surface area contributed by atoms with Gasteiger partial charge in [0.2, 0.25) is 5.95 Å². The summed E-state index contributed by atoms with van der Waals surface area (Å²) in [6, 6.07) is 62.6. The minimum Gasteiger partial charge on any atom is -0.456 e. The first kappa shape index (κ1) is 37.7. The molecule has 0 unspecified atom stereocenters. The van der Waals surface area contributed by atoms with E-state index in [-0.39, 0.29) is 10.8 Å². The largest absolute Gasteiger partial charge is 0.456 e. The lowest BCUT2D eigenvalue weighted by Crippen LogP contribution is -2.33. The van der Waals surface area contributed by atoms with Crippen molar-refractivity contribution in [1.82, 2.24) is 24.1 Å². The summed E-state index contributed by atoms with van der Waals surface area (Å²) in [6.07, 6.45) is 2.24. The van der Waals surface area contributed by atoms with Gasteiger partial charge >= 0.3 is 0 Å². The number of rotatable bonds is 5. The van der Waals surface area contributed by atoms with E-state index >= 15 is 0 Å². The third-order valence-corrected chi connectivity index (χ3v) is 14.2. The van der Waals surface area contributed by atoms with Crippen molar-refractivity contribution in [2.24, 2.45) is 0 Å². The summed E-state index contributed by atoms with van der Waals surface area (Å²) >= 11 is 0. The van der Waals surface area contributed by atoms with E-state index in [9.17, 15) is 0 Å². The Bertz CT molecular complexity index is 3890. The number of hydrogen-bond donors (Lipinski definition) is 0. The smallest absolute Gasteiger partial charge is 0.238 e. The molecule has 6 heteroatoms. The summed E-state index contributed by atoms with van der Waals surface area (Å²) in [6.45, 7) is 9.62. The van der Waals surface area contributed by atoms with Gasteiger partial charge in [-0.1, -0.05) is 149 Å². The lowest BCUT2D eigenvalue weighted by atomic mass is 9.63. The molecule has 1 aliphatic carbocycles. The Kier molecular flexibility index (Phi) is 8.02. The molecule has 0 aliphatic heterocycles. The molecule has 0 atom stereocenters. The molecule has 65 heavy (non-hydrogen) atoms. The van der Waals surface area contributed by atoms with Crippen molar-refractivity contribution in [3.05, 3.63) is 187 Å². The highest BCUT2D eigenvalue weighted by Gasteiger charge is 2.38. The van der Waals surface area contributed by atoms with Gasteiger partial charge in [-0.05, 0) is 101 Å². The molecule has 0 saturated carbocycles. The molecular weight excluding hydrogens is 795 g/mol. The highest BCUT2D eigenvalue weighted by atomic mass is 16.3. The van der Waals surface area contributed by atoms with Gasteiger partial charge in [0.25, 0.3) is 0 Å². The fourth-order valence-electron chi connectivity index (χ4n) is 10.7. The Labute approximate surface area is 376 Å². The summed E-state index contributed by atoms with van der Waals surface area (Å²) in [5, 5.41) is 6.97. The average molecular weight is 840 g/mol. The van der Waals surface area contributed by atoms with Gasteiger partial charge in [-0.25, -0.2) is 4.98 Å². The van der Waals surface area contributed by atoms with Gasteiger partial charge in [0, 0.05) is 49.1 Å². The lowest BCUT2D eigenvalue weighted by molar-refractivity contribution is 0.332. The van der Waals surface area contributed by atoms with Gasteiger partial charge in [0.05, 0.1) is 22.1 Å². The van der Waals surface area contributed by atoms with E-state index in [1.165, 1.54) is 32.7 Å². The normalized spacial score (nSPS) is 14.6. The minimum atomic E-state index is -0.0140. The zero-order chi connectivity index (χ0) is 43.6. The van der Waals surface area contributed by atoms with Crippen molar-refractivity contribution < 1.29 is 4.42 Å². The molecule has 0 spiro atoms. The number of fused-ring (bicyclic) bond motifs is 11. The molecule has 312 valence electrons. The van der Waals surface area contributed by atoms with E-state index in [4.69, 9.17) is 19.4 Å². The van der Waals surface area contributed by atoms with E-state index < -0.39 is 0 Å². The molecule has 0 amide bonds. The summed E-state index contributed by atoms with van der Waals surface area (Å²) in [5.74, 6) is 1.80. The summed E-state index contributed by atoms with van der Waals surface area (Å²) in [7, 11) is 0. The standard InChI is InChI=1S/C59H45N5O/c1-58(2)30-31-59(3,4)48-35-50-46(34-47(48)58)45-29-28-44-41-22-11-13-24-49(41)63(40-20-9-6-10-21-40)53(44)54(45)64(50)57-61-55(36-16-7-5-8-17-36)60-56(62-57)39-19-15-18-37(32-39)38-26-27-43-42-23-12-14-25-51(42)65-52(43)33-38/h5-29,32-35H,30-31H2,1-4H3. The molecule has 6 nitrogen and oxygen atoms in total. The van der Waals surface area contributed by atoms with Crippen LogP contribution in [0, 0.1) is 0 Å². The molecule has 12 aromatic rings. The molecule has 4 heterocycles. The van der Waals surface area contributed by atoms with Crippen LogP contribution in [0.2, 0.25) is 0 Å². The predicted octanol–water partition coefficient (Wildman–Crippen LogP) is 15.3. The second-order valence-corrected chi connectivity index (χ2v) is 19.1. The molecule has 1 aliphatic rings. The van der Waals surface area contributed by atoms with Crippen molar-refractivity contribution in [3.63, 3.8) is 0 Å². The SMILES string of the molecule is CC1(C)CCC(C)(C)c2cc3c(cc21)c1ccc2c4ccccc4n(-c4ccccc4)c2c1n3-c1nc(-c2ccccc2)nc(-c2cccc(-c3ccc4c(c3)oc3ccccc34)c2)n1.